The zero-order chi connectivity index (χ0) is 8.06. The van der Waals surface area contributed by atoms with Crippen molar-refractivity contribution < 1.29 is 0 Å². The summed E-state index contributed by atoms with van der Waals surface area (Å²) in [5.41, 5.74) is 1.82. The van der Waals surface area contributed by atoms with Crippen LogP contribution in [0, 0.1) is 5.92 Å². The van der Waals surface area contributed by atoms with Crippen molar-refractivity contribution in [2.75, 3.05) is 14.1 Å². The molecule has 0 radical (unpaired) electrons. The Hall–Kier alpha value is -0.560. The minimum absolute atomic E-state index is 0.402. The molecule has 0 saturated heterocycles. The lowest BCUT2D eigenvalue weighted by Gasteiger charge is -2.23. The van der Waals surface area contributed by atoms with E-state index in [1.54, 1.807) is 0 Å². The maximum atomic E-state index is 2.39. The molecule has 0 aromatic carbocycles. The first-order chi connectivity index (χ1) is 5.15. The van der Waals surface area contributed by atoms with Crippen LogP contribution in [0.4, 0.5) is 0 Å². The van der Waals surface area contributed by atoms with Crippen LogP contribution in [0.2, 0.25) is 0 Å². The standard InChI is InChI=1S/C10H15N/c1-8-4-5-10(11(2)3)7-9(10)6-8/h4-6,9H,7H2,1-3H3. The van der Waals surface area contributed by atoms with Gasteiger partial charge in [-0.3, -0.25) is 4.90 Å². The first-order valence-electron chi connectivity index (χ1n) is 4.20. The molecule has 0 bridgehead atoms. The number of hydrogen-bond acceptors (Lipinski definition) is 1. The Balaban J connectivity index is 2.23. The zero-order valence-electron chi connectivity index (χ0n) is 7.46. The molecule has 11 heavy (non-hydrogen) atoms. The van der Waals surface area contributed by atoms with Gasteiger partial charge in [0.25, 0.3) is 0 Å². The third kappa shape index (κ3) is 0.875. The molecule has 0 N–H and O–H groups in total. The highest BCUT2D eigenvalue weighted by Gasteiger charge is 2.53. The maximum absolute atomic E-state index is 2.39. The molecule has 0 aliphatic heterocycles. The zero-order valence-corrected chi connectivity index (χ0v) is 7.46. The van der Waals surface area contributed by atoms with E-state index in [0.29, 0.717) is 5.54 Å². The van der Waals surface area contributed by atoms with Crippen molar-refractivity contribution in [2.45, 2.75) is 18.9 Å². The molecule has 0 amide bonds. The predicted octanol–water partition coefficient (Wildman–Crippen LogP) is 1.82. The minimum Gasteiger partial charge on any atom is -0.300 e. The van der Waals surface area contributed by atoms with Gasteiger partial charge in [0, 0.05) is 11.5 Å². The van der Waals surface area contributed by atoms with Crippen molar-refractivity contribution in [1.29, 1.82) is 0 Å². The van der Waals surface area contributed by atoms with E-state index in [1.165, 1.54) is 12.0 Å². The van der Waals surface area contributed by atoms with Gasteiger partial charge in [-0.1, -0.05) is 23.8 Å². The van der Waals surface area contributed by atoms with Crippen LogP contribution in [-0.4, -0.2) is 24.5 Å². The van der Waals surface area contributed by atoms with Crippen LogP contribution in [0.15, 0.2) is 23.8 Å². The predicted molar refractivity (Wildman–Crippen MR) is 47.4 cm³/mol. The van der Waals surface area contributed by atoms with Gasteiger partial charge in [0.1, 0.15) is 0 Å². The van der Waals surface area contributed by atoms with Crippen molar-refractivity contribution in [2.24, 2.45) is 5.92 Å². The topological polar surface area (TPSA) is 3.24 Å². The SMILES string of the molecule is CC1=CC2CC2(N(C)C)C=C1. The van der Waals surface area contributed by atoms with Gasteiger partial charge in [-0.25, -0.2) is 0 Å². The second kappa shape index (κ2) is 1.98. The molecule has 1 heteroatoms. The van der Waals surface area contributed by atoms with Crippen molar-refractivity contribution in [3.8, 4) is 0 Å². The second-order valence-electron chi connectivity index (χ2n) is 3.94. The van der Waals surface area contributed by atoms with Crippen molar-refractivity contribution in [1.82, 2.24) is 4.90 Å². The third-order valence-corrected chi connectivity index (χ3v) is 2.96. The molecule has 2 aliphatic carbocycles. The summed E-state index contributed by atoms with van der Waals surface area (Å²) in [6, 6.07) is 0. The smallest absolute Gasteiger partial charge is 0.0458 e. The van der Waals surface area contributed by atoms with Gasteiger partial charge in [0.05, 0.1) is 0 Å². The van der Waals surface area contributed by atoms with Crippen LogP contribution in [0.3, 0.4) is 0 Å². The third-order valence-electron chi connectivity index (χ3n) is 2.96. The first-order valence-corrected chi connectivity index (χ1v) is 4.20. The highest BCUT2D eigenvalue weighted by atomic mass is 15.2. The average molecular weight is 149 g/mol. The van der Waals surface area contributed by atoms with Gasteiger partial charge in [-0.05, 0) is 27.4 Å². The lowest BCUT2D eigenvalue weighted by atomic mass is 10.0. The van der Waals surface area contributed by atoms with E-state index in [4.69, 9.17) is 0 Å². The molecule has 2 rings (SSSR count). The van der Waals surface area contributed by atoms with Crippen LogP contribution in [0.5, 0.6) is 0 Å². The van der Waals surface area contributed by atoms with E-state index in [2.05, 4.69) is 44.1 Å². The minimum atomic E-state index is 0.402. The summed E-state index contributed by atoms with van der Waals surface area (Å²) in [7, 11) is 4.33. The lowest BCUT2D eigenvalue weighted by molar-refractivity contribution is 0.311. The molecule has 2 aliphatic rings. The Labute approximate surface area is 68.4 Å². The summed E-state index contributed by atoms with van der Waals surface area (Å²) in [6.07, 6.45) is 8.30. The van der Waals surface area contributed by atoms with Crippen LogP contribution in [-0.2, 0) is 0 Å². The molecule has 1 saturated carbocycles. The number of rotatable bonds is 1. The van der Waals surface area contributed by atoms with Gasteiger partial charge in [-0.15, -0.1) is 0 Å². The second-order valence-corrected chi connectivity index (χ2v) is 3.94. The molecular formula is C10H15N. The molecule has 1 fully saturated rings. The molecule has 2 unspecified atom stereocenters. The summed E-state index contributed by atoms with van der Waals surface area (Å²) in [5, 5.41) is 0. The lowest BCUT2D eigenvalue weighted by Crippen LogP contribution is -2.30. The summed E-state index contributed by atoms with van der Waals surface area (Å²) < 4.78 is 0. The molecular weight excluding hydrogens is 134 g/mol. The highest BCUT2D eigenvalue weighted by Crippen LogP contribution is 2.51. The fourth-order valence-electron chi connectivity index (χ4n) is 2.00. The Morgan fingerprint density at radius 1 is 1.55 bits per heavy atom. The van der Waals surface area contributed by atoms with E-state index in [1.807, 2.05) is 0 Å². The number of fused-ring (bicyclic) bond motifs is 1. The van der Waals surface area contributed by atoms with Gasteiger partial charge >= 0.3 is 0 Å². The fourth-order valence-corrected chi connectivity index (χ4v) is 2.00. The average Bonchev–Trinajstić information content (AvgIpc) is 2.62. The fraction of sp³-hybridized carbons (Fsp3) is 0.600. The van der Waals surface area contributed by atoms with Gasteiger partial charge in [-0.2, -0.15) is 0 Å². The molecule has 1 nitrogen and oxygen atoms in total. The largest absolute Gasteiger partial charge is 0.300 e. The number of allylic oxidation sites excluding steroid dienone is 2. The monoisotopic (exact) mass is 149 g/mol. The molecule has 2 atom stereocenters. The summed E-state index contributed by atoms with van der Waals surface area (Å²) >= 11 is 0. The molecule has 0 aromatic rings. The summed E-state index contributed by atoms with van der Waals surface area (Å²) in [6.45, 7) is 2.17. The van der Waals surface area contributed by atoms with Crippen molar-refractivity contribution in [3.63, 3.8) is 0 Å². The molecule has 0 aromatic heterocycles. The molecule has 0 spiro atoms. The number of nitrogens with zero attached hydrogens (tertiary/aromatic N) is 1. The highest BCUT2D eigenvalue weighted by molar-refractivity contribution is 5.38. The van der Waals surface area contributed by atoms with Crippen LogP contribution in [0.1, 0.15) is 13.3 Å². The normalized spacial score (nSPS) is 40.4. The van der Waals surface area contributed by atoms with Gasteiger partial charge < -0.3 is 0 Å². The Bertz CT molecular complexity index is 237. The van der Waals surface area contributed by atoms with E-state index >= 15 is 0 Å². The summed E-state index contributed by atoms with van der Waals surface area (Å²) in [4.78, 5) is 2.33. The van der Waals surface area contributed by atoms with Crippen molar-refractivity contribution in [3.05, 3.63) is 23.8 Å². The van der Waals surface area contributed by atoms with Gasteiger partial charge in [0.15, 0.2) is 0 Å². The van der Waals surface area contributed by atoms with E-state index in [0.717, 1.165) is 5.92 Å². The Morgan fingerprint density at radius 2 is 2.27 bits per heavy atom. The van der Waals surface area contributed by atoms with E-state index < -0.39 is 0 Å². The number of likely N-dealkylation sites (N-methyl/N-ethyl adjacent to an activating group) is 1. The molecule has 60 valence electrons. The Kier molecular flexibility index (Phi) is 1.28. The van der Waals surface area contributed by atoms with E-state index in [9.17, 15) is 0 Å². The van der Waals surface area contributed by atoms with Crippen LogP contribution < -0.4 is 0 Å². The first kappa shape index (κ1) is 7.11. The van der Waals surface area contributed by atoms with Crippen LogP contribution >= 0.6 is 0 Å². The maximum Gasteiger partial charge on any atom is 0.0458 e. The number of hydrogen-bond donors (Lipinski definition) is 0. The van der Waals surface area contributed by atoms with E-state index in [-0.39, 0.29) is 0 Å². The van der Waals surface area contributed by atoms with Gasteiger partial charge in [0.2, 0.25) is 0 Å². The Morgan fingerprint density at radius 3 is 2.82 bits per heavy atom. The molecule has 0 heterocycles. The summed E-state index contributed by atoms with van der Waals surface area (Å²) in [5.74, 6) is 0.794. The quantitative estimate of drug-likeness (QED) is 0.549. The van der Waals surface area contributed by atoms with Crippen LogP contribution in [0.25, 0.3) is 0 Å². The van der Waals surface area contributed by atoms with Crippen molar-refractivity contribution >= 4 is 0 Å².